The van der Waals surface area contributed by atoms with Gasteiger partial charge in [0.15, 0.2) is 0 Å². The Labute approximate surface area is 148 Å². The topological polar surface area (TPSA) is 54.0 Å². The van der Waals surface area contributed by atoms with Crippen LogP contribution < -0.4 is 10.6 Å². The molecule has 2 fully saturated rings. The fraction of sp³-hybridized carbons (Fsp3) is 0.733. The summed E-state index contributed by atoms with van der Waals surface area (Å²) in [5, 5.41) is 7.61. The molecule has 4 nitrogen and oxygen atoms in total. The summed E-state index contributed by atoms with van der Waals surface area (Å²) >= 11 is 1.76. The van der Waals surface area contributed by atoms with Crippen LogP contribution >= 0.6 is 36.2 Å². The van der Waals surface area contributed by atoms with Crippen LogP contribution in [0.25, 0.3) is 0 Å². The molecule has 7 heteroatoms. The van der Waals surface area contributed by atoms with Crippen LogP contribution in [0.15, 0.2) is 6.20 Å². The van der Waals surface area contributed by atoms with E-state index in [1.165, 1.54) is 4.88 Å². The molecule has 1 saturated heterocycles. The summed E-state index contributed by atoms with van der Waals surface area (Å²) in [4.78, 5) is 17.9. The van der Waals surface area contributed by atoms with E-state index in [-0.39, 0.29) is 36.6 Å². The smallest absolute Gasteiger partial charge is 0.223 e. The monoisotopic (exact) mass is 365 g/mol. The summed E-state index contributed by atoms with van der Waals surface area (Å²) in [6, 6.07) is 0. The molecule has 2 heterocycles. The molecule has 1 aromatic heterocycles. The molecule has 1 unspecified atom stereocenters. The number of amides is 1. The first-order chi connectivity index (χ1) is 9.73. The van der Waals surface area contributed by atoms with Crippen molar-refractivity contribution in [2.75, 3.05) is 19.6 Å². The van der Waals surface area contributed by atoms with Gasteiger partial charge in [0, 0.05) is 30.0 Å². The number of hydrogen-bond acceptors (Lipinski definition) is 4. The molecule has 126 valence electrons. The van der Waals surface area contributed by atoms with E-state index in [0.29, 0.717) is 5.41 Å². The third-order valence-corrected chi connectivity index (χ3v) is 5.89. The third-order valence-electron chi connectivity index (χ3n) is 4.69. The van der Waals surface area contributed by atoms with Gasteiger partial charge in [-0.2, -0.15) is 0 Å². The Morgan fingerprint density at radius 2 is 2.18 bits per heavy atom. The molecule has 2 N–H and O–H groups in total. The lowest BCUT2D eigenvalue weighted by Gasteiger charge is -2.23. The summed E-state index contributed by atoms with van der Waals surface area (Å²) in [5.41, 5.74) is 0.339. The third kappa shape index (κ3) is 4.34. The van der Waals surface area contributed by atoms with E-state index in [4.69, 9.17) is 0 Å². The molecule has 1 saturated carbocycles. The first-order valence-electron chi connectivity index (χ1n) is 7.65. The van der Waals surface area contributed by atoms with Crippen molar-refractivity contribution in [3.8, 4) is 0 Å². The minimum absolute atomic E-state index is 0. The van der Waals surface area contributed by atoms with E-state index in [1.807, 2.05) is 6.20 Å². The van der Waals surface area contributed by atoms with Crippen LogP contribution in [0.2, 0.25) is 0 Å². The van der Waals surface area contributed by atoms with Crippen LogP contribution in [0.4, 0.5) is 0 Å². The molecule has 1 atom stereocenters. The molecule has 1 aromatic rings. The quantitative estimate of drug-likeness (QED) is 0.842. The number of nitrogens with one attached hydrogen (secondary N) is 2. The van der Waals surface area contributed by atoms with Crippen LogP contribution in [-0.2, 0) is 17.6 Å². The number of aromatic nitrogens is 1. The Morgan fingerprint density at radius 3 is 2.82 bits per heavy atom. The molecule has 0 radical (unpaired) electrons. The normalized spacial score (nSPS) is 21.6. The minimum Gasteiger partial charge on any atom is -0.355 e. The second-order valence-corrected chi connectivity index (χ2v) is 7.18. The molecule has 0 aromatic carbocycles. The molecule has 3 rings (SSSR count). The average molecular weight is 366 g/mol. The molecule has 1 aliphatic heterocycles. The minimum atomic E-state index is 0. The fourth-order valence-corrected chi connectivity index (χ4v) is 4.10. The number of nitrogens with zero attached hydrogens (tertiary/aromatic N) is 1. The number of thiazole rings is 1. The molecule has 1 amide bonds. The Morgan fingerprint density at radius 1 is 1.45 bits per heavy atom. The second kappa shape index (κ2) is 8.48. The van der Waals surface area contributed by atoms with Crippen LogP contribution in [0.1, 0.15) is 36.1 Å². The van der Waals surface area contributed by atoms with Crippen molar-refractivity contribution < 1.29 is 4.79 Å². The largest absolute Gasteiger partial charge is 0.355 e. The van der Waals surface area contributed by atoms with Gasteiger partial charge in [-0.3, -0.25) is 4.79 Å². The summed E-state index contributed by atoms with van der Waals surface area (Å²) in [6.45, 7) is 5.01. The summed E-state index contributed by atoms with van der Waals surface area (Å²) in [6.07, 6.45) is 7.28. The number of carbonyl (C=O) groups is 1. The zero-order chi connectivity index (χ0) is 14.0. The summed E-state index contributed by atoms with van der Waals surface area (Å²) in [7, 11) is 0. The average Bonchev–Trinajstić information content (AvgIpc) is 2.97. The van der Waals surface area contributed by atoms with Gasteiger partial charge in [0.1, 0.15) is 0 Å². The van der Waals surface area contributed by atoms with E-state index in [1.54, 1.807) is 11.3 Å². The van der Waals surface area contributed by atoms with Crippen LogP contribution in [0, 0.1) is 11.3 Å². The Bertz CT molecular complexity index is 489. The van der Waals surface area contributed by atoms with Crippen molar-refractivity contribution >= 4 is 42.1 Å². The standard InChI is InChI=1S/C15H23N3OS.2ClH/c1-2-11-10-18-13(20-11)3-6-17-14(19)12-9-15(12)4-7-16-8-5-15;;/h10,12,16H,2-9H2,1H3,(H,17,19);2*1H. The SMILES string of the molecule is CCc1cnc(CCNC(=O)C2CC23CCNCC3)s1.Cl.Cl. The molecule has 2 aliphatic rings. The van der Waals surface area contributed by atoms with Crippen molar-refractivity contribution in [2.45, 2.75) is 39.0 Å². The molecular formula is C15H25Cl2N3OS. The number of halogens is 2. The van der Waals surface area contributed by atoms with E-state index in [0.717, 1.165) is 56.7 Å². The predicted octanol–water partition coefficient (Wildman–Crippen LogP) is 2.60. The van der Waals surface area contributed by atoms with Gasteiger partial charge in [-0.15, -0.1) is 36.2 Å². The van der Waals surface area contributed by atoms with E-state index >= 15 is 0 Å². The first-order valence-corrected chi connectivity index (χ1v) is 8.47. The lowest BCUT2D eigenvalue weighted by Crippen LogP contribution is -2.34. The maximum atomic E-state index is 12.2. The lowest BCUT2D eigenvalue weighted by molar-refractivity contribution is -0.123. The van der Waals surface area contributed by atoms with Gasteiger partial charge in [0.05, 0.1) is 5.01 Å². The van der Waals surface area contributed by atoms with Gasteiger partial charge < -0.3 is 10.6 Å². The Kier molecular flexibility index (Phi) is 7.59. The predicted molar refractivity (Wildman–Crippen MR) is 95.3 cm³/mol. The van der Waals surface area contributed by atoms with Crippen molar-refractivity contribution in [3.05, 3.63) is 16.1 Å². The van der Waals surface area contributed by atoms with E-state index in [2.05, 4.69) is 22.5 Å². The van der Waals surface area contributed by atoms with Crippen molar-refractivity contribution in [2.24, 2.45) is 11.3 Å². The highest BCUT2D eigenvalue weighted by Gasteiger charge is 2.57. The highest BCUT2D eigenvalue weighted by atomic mass is 35.5. The summed E-state index contributed by atoms with van der Waals surface area (Å²) < 4.78 is 0. The molecule has 1 spiro atoms. The van der Waals surface area contributed by atoms with Gasteiger partial charge >= 0.3 is 0 Å². The second-order valence-electron chi connectivity index (χ2n) is 5.98. The van der Waals surface area contributed by atoms with Crippen molar-refractivity contribution in [1.82, 2.24) is 15.6 Å². The van der Waals surface area contributed by atoms with Gasteiger partial charge in [0.2, 0.25) is 5.91 Å². The molecule has 1 aliphatic carbocycles. The van der Waals surface area contributed by atoms with E-state index < -0.39 is 0 Å². The Hall–Kier alpha value is -0.360. The van der Waals surface area contributed by atoms with Gasteiger partial charge in [-0.25, -0.2) is 4.98 Å². The number of carbonyl (C=O) groups excluding carboxylic acids is 1. The molecule has 0 bridgehead atoms. The first kappa shape index (κ1) is 19.7. The fourth-order valence-electron chi connectivity index (χ4n) is 3.24. The van der Waals surface area contributed by atoms with Gasteiger partial charge in [0.25, 0.3) is 0 Å². The maximum absolute atomic E-state index is 12.2. The van der Waals surface area contributed by atoms with Gasteiger partial charge in [-0.05, 0) is 44.2 Å². The number of rotatable bonds is 5. The summed E-state index contributed by atoms with van der Waals surface area (Å²) in [5.74, 6) is 0.534. The molecular weight excluding hydrogens is 341 g/mol. The van der Waals surface area contributed by atoms with Crippen molar-refractivity contribution in [3.63, 3.8) is 0 Å². The number of hydrogen-bond donors (Lipinski definition) is 2. The Balaban J connectivity index is 0.00000121. The van der Waals surface area contributed by atoms with Crippen molar-refractivity contribution in [1.29, 1.82) is 0 Å². The molecule has 22 heavy (non-hydrogen) atoms. The number of aryl methyl sites for hydroxylation is 1. The number of piperidine rings is 1. The van der Waals surface area contributed by atoms with Crippen LogP contribution in [0.3, 0.4) is 0 Å². The van der Waals surface area contributed by atoms with E-state index in [9.17, 15) is 4.79 Å². The zero-order valence-corrected chi connectivity index (χ0v) is 15.3. The van der Waals surface area contributed by atoms with Crippen LogP contribution in [0.5, 0.6) is 0 Å². The lowest BCUT2D eigenvalue weighted by atomic mass is 9.92. The highest BCUT2D eigenvalue weighted by molar-refractivity contribution is 7.11. The maximum Gasteiger partial charge on any atom is 0.223 e. The van der Waals surface area contributed by atoms with Crippen LogP contribution in [-0.4, -0.2) is 30.5 Å². The zero-order valence-electron chi connectivity index (χ0n) is 12.9. The van der Waals surface area contributed by atoms with Gasteiger partial charge in [-0.1, -0.05) is 6.92 Å². The highest BCUT2D eigenvalue weighted by Crippen LogP contribution is 2.58.